The van der Waals surface area contributed by atoms with Crippen molar-refractivity contribution in [2.24, 2.45) is 0 Å². The van der Waals surface area contributed by atoms with E-state index in [2.05, 4.69) is 4.98 Å². The Balaban J connectivity index is 2.87. The number of benzene rings is 1. The molecule has 0 radical (unpaired) electrons. The van der Waals surface area contributed by atoms with E-state index in [9.17, 15) is 9.50 Å². The Hall–Kier alpha value is -0.750. The van der Waals surface area contributed by atoms with Crippen molar-refractivity contribution < 1.29 is 9.50 Å². The molecular weight excluding hydrogens is 320 g/mol. The summed E-state index contributed by atoms with van der Waals surface area (Å²) in [7, 11) is 0. The van der Waals surface area contributed by atoms with Crippen molar-refractivity contribution in [3.8, 4) is 0 Å². The molecule has 0 aliphatic rings. The Morgan fingerprint density at radius 1 is 1.38 bits per heavy atom. The topological polar surface area (TPSA) is 33.1 Å². The summed E-state index contributed by atoms with van der Waals surface area (Å²) in [5, 5.41) is 10.7. The maximum atomic E-state index is 13.7. The van der Waals surface area contributed by atoms with E-state index in [0.717, 1.165) is 3.57 Å². The molecule has 0 atom stereocenters. The summed E-state index contributed by atoms with van der Waals surface area (Å²) in [6.45, 7) is 3.36. The number of halogens is 2. The smallest absolute Gasteiger partial charge is 0.150 e. The lowest BCUT2D eigenvalue weighted by molar-refractivity contribution is 0.0801. The molecule has 16 heavy (non-hydrogen) atoms. The first-order chi connectivity index (χ1) is 7.39. The fourth-order valence-electron chi connectivity index (χ4n) is 1.71. The average molecular weight is 331 g/mol. The molecule has 0 bridgehead atoms. The molecule has 0 spiro atoms. The van der Waals surface area contributed by atoms with Crippen molar-refractivity contribution in [1.82, 2.24) is 4.98 Å². The minimum Gasteiger partial charge on any atom is -0.386 e. The monoisotopic (exact) mass is 331 g/mol. The lowest BCUT2D eigenvalue weighted by Crippen LogP contribution is -2.16. The molecule has 0 unspecified atom stereocenters. The van der Waals surface area contributed by atoms with Gasteiger partial charge in [0.2, 0.25) is 0 Å². The normalized spacial score (nSPS) is 12.1. The van der Waals surface area contributed by atoms with Gasteiger partial charge in [-0.3, -0.25) is 4.98 Å². The highest BCUT2D eigenvalue weighted by Gasteiger charge is 2.20. The molecule has 84 valence electrons. The minimum atomic E-state index is -1.00. The van der Waals surface area contributed by atoms with E-state index in [4.69, 9.17) is 0 Å². The second-order valence-electron chi connectivity index (χ2n) is 4.20. The summed E-state index contributed by atoms with van der Waals surface area (Å²) in [5.74, 6) is -0.354. The van der Waals surface area contributed by atoms with E-state index in [1.165, 1.54) is 12.3 Å². The van der Waals surface area contributed by atoms with Crippen molar-refractivity contribution in [2.75, 3.05) is 0 Å². The van der Waals surface area contributed by atoms with Gasteiger partial charge >= 0.3 is 0 Å². The minimum absolute atomic E-state index is 0.306. The van der Waals surface area contributed by atoms with E-state index < -0.39 is 5.60 Å². The molecule has 1 heterocycles. The zero-order chi connectivity index (χ0) is 11.9. The molecule has 0 saturated heterocycles. The van der Waals surface area contributed by atoms with Crippen LogP contribution >= 0.6 is 22.6 Å². The number of aromatic nitrogens is 1. The Bertz CT molecular complexity index is 548. The molecule has 0 fully saturated rings. The van der Waals surface area contributed by atoms with Crippen LogP contribution in [0.4, 0.5) is 4.39 Å². The third-order valence-electron chi connectivity index (χ3n) is 2.42. The molecule has 2 aromatic rings. The number of pyridine rings is 1. The summed E-state index contributed by atoms with van der Waals surface area (Å²) >= 11 is 2.05. The first-order valence-corrected chi connectivity index (χ1v) is 5.94. The van der Waals surface area contributed by atoms with Gasteiger partial charge in [0.1, 0.15) is 11.3 Å². The Kier molecular flexibility index (Phi) is 2.88. The molecule has 4 heteroatoms. The van der Waals surface area contributed by atoms with Gasteiger partial charge in [0.15, 0.2) is 0 Å². The largest absolute Gasteiger partial charge is 0.386 e. The predicted octanol–water partition coefficient (Wildman–Crippen LogP) is 3.21. The van der Waals surface area contributed by atoms with E-state index in [1.807, 2.05) is 28.7 Å². The number of fused-ring (bicyclic) bond motifs is 1. The quantitative estimate of drug-likeness (QED) is 0.814. The molecule has 1 aromatic heterocycles. The standard InChI is InChI=1S/C12H11FINO/c1-12(2,16)9-3-4-15-11-8(9)5-7(14)6-10(11)13/h3-6,16H,1-2H3. The van der Waals surface area contributed by atoms with Crippen LogP contribution in [-0.2, 0) is 5.60 Å². The summed E-state index contributed by atoms with van der Waals surface area (Å²) in [4.78, 5) is 4.01. The Labute approximate surface area is 107 Å². The first-order valence-electron chi connectivity index (χ1n) is 4.86. The van der Waals surface area contributed by atoms with Gasteiger partial charge in [-0.25, -0.2) is 4.39 Å². The van der Waals surface area contributed by atoms with Gasteiger partial charge in [-0.1, -0.05) is 0 Å². The lowest BCUT2D eigenvalue weighted by atomic mass is 9.95. The highest BCUT2D eigenvalue weighted by Crippen LogP contribution is 2.29. The van der Waals surface area contributed by atoms with Crippen molar-refractivity contribution >= 4 is 33.5 Å². The number of nitrogens with zero attached hydrogens (tertiary/aromatic N) is 1. The SMILES string of the molecule is CC(C)(O)c1ccnc2c(F)cc(I)cc12. The molecule has 0 amide bonds. The molecule has 1 N–H and O–H groups in total. The first kappa shape index (κ1) is 11.7. The van der Waals surface area contributed by atoms with Crippen LogP contribution in [0.2, 0.25) is 0 Å². The fraction of sp³-hybridized carbons (Fsp3) is 0.250. The van der Waals surface area contributed by atoms with Crippen LogP contribution in [0.1, 0.15) is 19.4 Å². The van der Waals surface area contributed by atoms with Crippen LogP contribution in [0.3, 0.4) is 0 Å². The highest BCUT2D eigenvalue weighted by molar-refractivity contribution is 14.1. The van der Waals surface area contributed by atoms with Crippen molar-refractivity contribution in [3.05, 3.63) is 39.3 Å². The summed E-state index contributed by atoms with van der Waals surface area (Å²) in [6, 6.07) is 4.99. The fourth-order valence-corrected chi connectivity index (χ4v) is 2.30. The highest BCUT2D eigenvalue weighted by atomic mass is 127. The summed E-state index contributed by atoms with van der Waals surface area (Å²) < 4.78 is 14.5. The molecular formula is C12H11FINO. The van der Waals surface area contributed by atoms with Gasteiger partial charge in [0, 0.05) is 15.2 Å². The maximum absolute atomic E-state index is 13.7. The third-order valence-corrected chi connectivity index (χ3v) is 3.05. The molecule has 2 rings (SSSR count). The average Bonchev–Trinajstić information content (AvgIpc) is 2.15. The molecule has 0 aliphatic heterocycles. The second-order valence-corrected chi connectivity index (χ2v) is 5.45. The van der Waals surface area contributed by atoms with Gasteiger partial charge in [-0.15, -0.1) is 0 Å². The molecule has 2 nitrogen and oxygen atoms in total. The van der Waals surface area contributed by atoms with Gasteiger partial charge in [0.05, 0.1) is 5.60 Å². The third kappa shape index (κ3) is 2.04. The van der Waals surface area contributed by atoms with E-state index in [-0.39, 0.29) is 5.82 Å². The van der Waals surface area contributed by atoms with Crippen LogP contribution in [0.25, 0.3) is 10.9 Å². The van der Waals surface area contributed by atoms with Crippen molar-refractivity contribution in [2.45, 2.75) is 19.4 Å². The van der Waals surface area contributed by atoms with Gasteiger partial charge < -0.3 is 5.11 Å². The Morgan fingerprint density at radius 3 is 2.69 bits per heavy atom. The summed E-state index contributed by atoms with van der Waals surface area (Å²) in [6.07, 6.45) is 1.52. The number of hydrogen-bond donors (Lipinski definition) is 1. The predicted molar refractivity (Wildman–Crippen MR) is 69.7 cm³/mol. The van der Waals surface area contributed by atoms with Crippen LogP contribution < -0.4 is 0 Å². The van der Waals surface area contributed by atoms with Gasteiger partial charge in [-0.05, 0) is 60.2 Å². The van der Waals surface area contributed by atoms with E-state index in [1.54, 1.807) is 19.9 Å². The van der Waals surface area contributed by atoms with Crippen molar-refractivity contribution in [1.29, 1.82) is 0 Å². The van der Waals surface area contributed by atoms with E-state index in [0.29, 0.717) is 16.5 Å². The van der Waals surface area contributed by atoms with Crippen LogP contribution in [-0.4, -0.2) is 10.1 Å². The number of rotatable bonds is 1. The summed E-state index contributed by atoms with van der Waals surface area (Å²) in [5.41, 5.74) is -0.00659. The number of hydrogen-bond acceptors (Lipinski definition) is 2. The van der Waals surface area contributed by atoms with Crippen LogP contribution in [0, 0.1) is 9.39 Å². The lowest BCUT2D eigenvalue weighted by Gasteiger charge is -2.19. The van der Waals surface area contributed by atoms with E-state index >= 15 is 0 Å². The maximum Gasteiger partial charge on any atom is 0.150 e. The van der Waals surface area contributed by atoms with Gasteiger partial charge in [0.25, 0.3) is 0 Å². The number of aliphatic hydroxyl groups is 1. The zero-order valence-electron chi connectivity index (χ0n) is 8.96. The van der Waals surface area contributed by atoms with Crippen LogP contribution in [0.5, 0.6) is 0 Å². The van der Waals surface area contributed by atoms with Crippen molar-refractivity contribution in [3.63, 3.8) is 0 Å². The Morgan fingerprint density at radius 2 is 2.06 bits per heavy atom. The van der Waals surface area contributed by atoms with Crippen LogP contribution in [0.15, 0.2) is 24.4 Å². The molecule has 1 aromatic carbocycles. The second kappa shape index (κ2) is 3.92. The van der Waals surface area contributed by atoms with Gasteiger partial charge in [-0.2, -0.15) is 0 Å². The molecule has 0 saturated carbocycles. The molecule has 0 aliphatic carbocycles. The zero-order valence-corrected chi connectivity index (χ0v) is 11.1.